The van der Waals surface area contributed by atoms with Gasteiger partial charge in [-0.15, -0.1) is 0 Å². The summed E-state index contributed by atoms with van der Waals surface area (Å²) in [5, 5.41) is 3.66. The monoisotopic (exact) mass is 240 g/mol. The smallest absolute Gasteiger partial charge is 0.00475 e. The second kappa shape index (κ2) is 7.38. The van der Waals surface area contributed by atoms with E-state index in [0.717, 1.165) is 12.5 Å². The van der Waals surface area contributed by atoms with Crippen LogP contribution in [0.25, 0.3) is 0 Å². The Morgan fingerprint density at radius 1 is 1.24 bits per heavy atom. The van der Waals surface area contributed by atoms with Crippen LogP contribution < -0.4 is 5.32 Å². The van der Waals surface area contributed by atoms with Crippen LogP contribution in [0, 0.1) is 11.3 Å². The SMILES string of the molecule is CCCC(C)(CNCC(C)C)CN1CCCC1. The van der Waals surface area contributed by atoms with E-state index in [1.165, 1.54) is 51.9 Å². The highest BCUT2D eigenvalue weighted by atomic mass is 15.1. The summed E-state index contributed by atoms with van der Waals surface area (Å²) >= 11 is 0. The lowest BCUT2D eigenvalue weighted by molar-refractivity contribution is 0.171. The molecule has 0 aromatic heterocycles. The zero-order valence-corrected chi connectivity index (χ0v) is 12.4. The second-order valence-electron chi connectivity index (χ2n) is 6.57. The maximum Gasteiger partial charge on any atom is 0.00475 e. The van der Waals surface area contributed by atoms with Crippen LogP contribution in [-0.4, -0.2) is 37.6 Å². The molecule has 1 rings (SSSR count). The molecule has 1 N–H and O–H groups in total. The summed E-state index contributed by atoms with van der Waals surface area (Å²) < 4.78 is 0. The molecular formula is C15H32N2. The number of likely N-dealkylation sites (tertiary alicyclic amines) is 1. The van der Waals surface area contributed by atoms with Gasteiger partial charge < -0.3 is 10.2 Å². The maximum atomic E-state index is 3.66. The molecule has 1 heterocycles. The standard InChI is InChI=1S/C15H32N2/c1-5-8-15(4,12-16-11-14(2)3)13-17-9-6-7-10-17/h14,16H,5-13H2,1-4H3. The Bertz CT molecular complexity index is 197. The van der Waals surface area contributed by atoms with Crippen molar-refractivity contribution in [2.45, 2.75) is 53.4 Å². The van der Waals surface area contributed by atoms with Crippen LogP contribution in [0.15, 0.2) is 0 Å². The number of nitrogens with zero attached hydrogens (tertiary/aromatic N) is 1. The van der Waals surface area contributed by atoms with E-state index in [1.54, 1.807) is 0 Å². The van der Waals surface area contributed by atoms with Gasteiger partial charge in [0.2, 0.25) is 0 Å². The molecule has 1 fully saturated rings. The first-order valence-corrected chi connectivity index (χ1v) is 7.49. The Hall–Kier alpha value is -0.0800. The van der Waals surface area contributed by atoms with E-state index in [1.807, 2.05) is 0 Å². The summed E-state index contributed by atoms with van der Waals surface area (Å²) in [5.41, 5.74) is 0.466. The van der Waals surface area contributed by atoms with Crippen molar-refractivity contribution in [2.24, 2.45) is 11.3 Å². The van der Waals surface area contributed by atoms with Gasteiger partial charge in [0.05, 0.1) is 0 Å². The average molecular weight is 240 g/mol. The van der Waals surface area contributed by atoms with Gasteiger partial charge in [0, 0.05) is 13.1 Å². The van der Waals surface area contributed by atoms with E-state index >= 15 is 0 Å². The summed E-state index contributed by atoms with van der Waals surface area (Å²) in [4.78, 5) is 2.66. The predicted octanol–water partition coefficient (Wildman–Crippen LogP) is 3.13. The highest BCUT2D eigenvalue weighted by Gasteiger charge is 2.27. The van der Waals surface area contributed by atoms with Crippen molar-refractivity contribution in [1.82, 2.24) is 10.2 Å². The third-order valence-electron chi connectivity index (χ3n) is 3.76. The Labute approximate surface area is 108 Å². The largest absolute Gasteiger partial charge is 0.316 e. The fourth-order valence-corrected chi connectivity index (χ4v) is 2.97. The first kappa shape index (κ1) is 15.0. The van der Waals surface area contributed by atoms with Gasteiger partial charge in [0.1, 0.15) is 0 Å². The number of rotatable bonds is 8. The predicted molar refractivity (Wildman–Crippen MR) is 76.4 cm³/mol. The minimum Gasteiger partial charge on any atom is -0.316 e. The molecule has 2 nitrogen and oxygen atoms in total. The lowest BCUT2D eigenvalue weighted by Gasteiger charge is -2.34. The molecule has 17 heavy (non-hydrogen) atoms. The molecule has 1 saturated heterocycles. The zero-order chi connectivity index (χ0) is 12.7. The highest BCUT2D eigenvalue weighted by Crippen LogP contribution is 2.25. The molecule has 1 aliphatic heterocycles. The molecule has 0 spiro atoms. The van der Waals surface area contributed by atoms with Gasteiger partial charge in [0.15, 0.2) is 0 Å². The van der Waals surface area contributed by atoms with E-state index in [-0.39, 0.29) is 0 Å². The minimum absolute atomic E-state index is 0.466. The van der Waals surface area contributed by atoms with E-state index in [2.05, 4.69) is 37.9 Å². The van der Waals surface area contributed by atoms with Gasteiger partial charge in [0.25, 0.3) is 0 Å². The van der Waals surface area contributed by atoms with Gasteiger partial charge in [-0.3, -0.25) is 0 Å². The molecule has 0 bridgehead atoms. The summed E-state index contributed by atoms with van der Waals surface area (Å²) in [5.74, 6) is 0.757. The van der Waals surface area contributed by atoms with Crippen LogP contribution in [0.1, 0.15) is 53.4 Å². The van der Waals surface area contributed by atoms with Crippen LogP contribution in [0.2, 0.25) is 0 Å². The van der Waals surface area contributed by atoms with E-state index in [0.29, 0.717) is 5.41 Å². The molecule has 1 aliphatic rings. The molecule has 102 valence electrons. The third-order valence-corrected chi connectivity index (χ3v) is 3.76. The molecule has 0 aliphatic carbocycles. The minimum atomic E-state index is 0.466. The van der Waals surface area contributed by atoms with Crippen LogP contribution >= 0.6 is 0 Å². The molecule has 1 atom stereocenters. The van der Waals surface area contributed by atoms with Crippen molar-refractivity contribution >= 4 is 0 Å². The second-order valence-corrected chi connectivity index (χ2v) is 6.57. The first-order valence-electron chi connectivity index (χ1n) is 7.49. The summed E-state index contributed by atoms with van der Waals surface area (Å²) in [6, 6.07) is 0. The van der Waals surface area contributed by atoms with Crippen LogP contribution in [0.5, 0.6) is 0 Å². The number of hydrogen-bond acceptors (Lipinski definition) is 2. The normalized spacial score (nSPS) is 21.0. The van der Waals surface area contributed by atoms with Gasteiger partial charge >= 0.3 is 0 Å². The van der Waals surface area contributed by atoms with E-state index < -0.39 is 0 Å². The van der Waals surface area contributed by atoms with Gasteiger partial charge in [-0.25, -0.2) is 0 Å². The average Bonchev–Trinajstić information content (AvgIpc) is 2.69. The van der Waals surface area contributed by atoms with Crippen molar-refractivity contribution in [1.29, 1.82) is 0 Å². The van der Waals surface area contributed by atoms with Gasteiger partial charge in [-0.05, 0) is 50.2 Å². The number of nitrogens with one attached hydrogen (secondary N) is 1. The van der Waals surface area contributed by atoms with Gasteiger partial charge in [-0.2, -0.15) is 0 Å². The van der Waals surface area contributed by atoms with Crippen molar-refractivity contribution in [3.63, 3.8) is 0 Å². The van der Waals surface area contributed by atoms with Crippen molar-refractivity contribution < 1.29 is 0 Å². The van der Waals surface area contributed by atoms with Crippen LogP contribution in [0.3, 0.4) is 0 Å². The molecule has 2 heteroatoms. The van der Waals surface area contributed by atoms with Gasteiger partial charge in [-0.1, -0.05) is 34.1 Å². The number of hydrogen-bond donors (Lipinski definition) is 1. The van der Waals surface area contributed by atoms with Crippen LogP contribution in [0.4, 0.5) is 0 Å². The van der Waals surface area contributed by atoms with E-state index in [9.17, 15) is 0 Å². The summed E-state index contributed by atoms with van der Waals surface area (Å²) in [6.07, 6.45) is 5.45. The molecular weight excluding hydrogens is 208 g/mol. The van der Waals surface area contributed by atoms with Crippen molar-refractivity contribution in [2.75, 3.05) is 32.7 Å². The molecule has 0 aromatic carbocycles. The van der Waals surface area contributed by atoms with Crippen LogP contribution in [-0.2, 0) is 0 Å². The molecule has 1 unspecified atom stereocenters. The quantitative estimate of drug-likeness (QED) is 0.701. The fourth-order valence-electron chi connectivity index (χ4n) is 2.97. The topological polar surface area (TPSA) is 15.3 Å². The molecule has 0 saturated carbocycles. The summed E-state index contributed by atoms with van der Waals surface area (Å²) in [7, 11) is 0. The highest BCUT2D eigenvalue weighted by molar-refractivity contribution is 4.82. The Morgan fingerprint density at radius 3 is 2.41 bits per heavy atom. The van der Waals surface area contributed by atoms with Crippen molar-refractivity contribution in [3.05, 3.63) is 0 Å². The lowest BCUT2D eigenvalue weighted by Crippen LogP contribution is -2.42. The Kier molecular flexibility index (Phi) is 6.50. The Morgan fingerprint density at radius 2 is 1.88 bits per heavy atom. The first-order chi connectivity index (χ1) is 8.06. The third kappa shape index (κ3) is 5.87. The van der Waals surface area contributed by atoms with E-state index in [4.69, 9.17) is 0 Å². The molecule has 0 aromatic rings. The van der Waals surface area contributed by atoms with Crippen molar-refractivity contribution in [3.8, 4) is 0 Å². The molecule has 0 amide bonds. The zero-order valence-electron chi connectivity index (χ0n) is 12.4. The fraction of sp³-hybridized carbons (Fsp3) is 1.00. The lowest BCUT2D eigenvalue weighted by atomic mass is 9.84. The maximum absolute atomic E-state index is 3.66. The molecule has 0 radical (unpaired) electrons. The summed E-state index contributed by atoms with van der Waals surface area (Å²) in [6.45, 7) is 15.6. The Balaban J connectivity index is 2.36.